The third-order valence-electron chi connectivity index (χ3n) is 3.38. The molecule has 0 unspecified atom stereocenters. The molecule has 0 aliphatic carbocycles. The Bertz CT molecular complexity index is 666. The fourth-order valence-electron chi connectivity index (χ4n) is 2.26. The molecular weight excluding hydrogens is 330 g/mol. The lowest BCUT2D eigenvalue weighted by Crippen LogP contribution is -2.38. The summed E-state index contributed by atoms with van der Waals surface area (Å²) in [7, 11) is -3.63. The highest BCUT2D eigenvalue weighted by Gasteiger charge is 2.23. The predicted molar refractivity (Wildman–Crippen MR) is 96.3 cm³/mol. The molecule has 1 rings (SSSR count). The van der Waals surface area contributed by atoms with Gasteiger partial charge in [-0.15, -0.1) is 0 Å². The molecule has 0 radical (unpaired) electrons. The summed E-state index contributed by atoms with van der Waals surface area (Å²) in [6.07, 6.45) is 4.34. The largest absolute Gasteiger partial charge is 0.392 e. The second kappa shape index (κ2) is 9.60. The van der Waals surface area contributed by atoms with E-state index in [2.05, 4.69) is 6.92 Å². The highest BCUT2D eigenvalue weighted by atomic mass is 32.2. The topological polar surface area (TPSA) is 87.2 Å². The predicted octanol–water partition coefficient (Wildman–Crippen LogP) is 2.36. The highest BCUT2D eigenvalue weighted by molar-refractivity contribution is 7.88. The van der Waals surface area contributed by atoms with E-state index in [4.69, 9.17) is 23.2 Å². The Labute approximate surface area is 144 Å². The van der Waals surface area contributed by atoms with Crippen LogP contribution in [-0.4, -0.2) is 30.8 Å². The van der Waals surface area contributed by atoms with Crippen LogP contribution in [0.25, 0.3) is 0 Å². The molecule has 5 nitrogen and oxygen atoms in total. The molecule has 0 saturated carbocycles. The van der Waals surface area contributed by atoms with E-state index in [-0.39, 0.29) is 23.8 Å². The summed E-state index contributed by atoms with van der Waals surface area (Å²) in [5, 5.41) is 8.80. The summed E-state index contributed by atoms with van der Waals surface area (Å²) in [4.78, 5) is 0.0529. The van der Waals surface area contributed by atoms with Crippen LogP contribution in [0.5, 0.6) is 0 Å². The highest BCUT2D eigenvalue weighted by Crippen LogP contribution is 2.14. The van der Waals surface area contributed by atoms with Gasteiger partial charge in [0.2, 0.25) is 10.0 Å². The first-order valence-electron chi connectivity index (χ1n) is 7.60. The molecule has 0 spiro atoms. The fourth-order valence-corrected chi connectivity index (χ4v) is 3.87. The number of hydrogen-bond acceptors (Lipinski definition) is 4. The maximum Gasteiger partial charge on any atom is 0.219 e. The Hall–Kier alpha value is -1.49. The lowest BCUT2D eigenvalue weighted by atomic mass is 10.1. The summed E-state index contributed by atoms with van der Waals surface area (Å²) in [6.45, 7) is 1.78. The van der Waals surface area contributed by atoms with Crippen molar-refractivity contribution in [2.75, 3.05) is 13.1 Å². The Morgan fingerprint density at radius 3 is 2.65 bits per heavy atom. The van der Waals surface area contributed by atoms with Gasteiger partial charge in [0.25, 0.3) is 0 Å². The van der Waals surface area contributed by atoms with Crippen LogP contribution < -0.4 is 5.73 Å². The Morgan fingerprint density at radius 1 is 1.35 bits per heavy atom. The first kappa shape index (κ1) is 19.6. The third-order valence-corrected chi connectivity index (χ3v) is 5.25. The number of hydrogen-bond donors (Lipinski definition) is 1. The van der Waals surface area contributed by atoms with E-state index in [1.165, 1.54) is 0 Å². The number of thiocarbonyl (C=S) groups is 1. The van der Waals surface area contributed by atoms with E-state index < -0.39 is 10.0 Å². The van der Waals surface area contributed by atoms with E-state index in [1.807, 2.05) is 24.3 Å². The van der Waals surface area contributed by atoms with Gasteiger partial charge in [0, 0.05) is 0 Å². The van der Waals surface area contributed by atoms with Crippen LogP contribution in [0.15, 0.2) is 24.3 Å². The lowest BCUT2D eigenvalue weighted by molar-refractivity contribution is 0.483. The SMILES string of the molecule is CCCCCc1cccc(CS(=O)(=O)N(CC#N)CC(N)=S)c1. The van der Waals surface area contributed by atoms with Gasteiger partial charge in [-0.2, -0.15) is 9.57 Å². The fraction of sp³-hybridized carbons (Fsp3) is 0.500. The van der Waals surface area contributed by atoms with Gasteiger partial charge in [0.05, 0.1) is 23.4 Å². The van der Waals surface area contributed by atoms with Crippen LogP contribution in [0, 0.1) is 11.3 Å². The molecule has 0 fully saturated rings. The molecule has 1 aromatic rings. The standard InChI is InChI=1S/C16H23N3O2S2/c1-2-3-4-6-14-7-5-8-15(11-14)13-23(20,21)19(10-9-17)12-16(18)22/h5,7-8,11H,2-4,6,10,12-13H2,1H3,(H2,18,22). The molecule has 0 amide bonds. The Kier molecular flexibility index (Phi) is 8.17. The molecule has 0 bridgehead atoms. The van der Waals surface area contributed by atoms with E-state index in [9.17, 15) is 8.42 Å². The Morgan fingerprint density at radius 2 is 2.04 bits per heavy atom. The monoisotopic (exact) mass is 353 g/mol. The van der Waals surface area contributed by atoms with Crippen molar-refractivity contribution >= 4 is 27.2 Å². The number of benzene rings is 1. The number of rotatable bonds is 10. The molecule has 0 aliphatic heterocycles. The summed E-state index contributed by atoms with van der Waals surface area (Å²) < 4.78 is 25.9. The zero-order valence-electron chi connectivity index (χ0n) is 13.4. The van der Waals surface area contributed by atoms with Gasteiger partial charge in [-0.05, 0) is 24.0 Å². The summed E-state index contributed by atoms with van der Waals surface area (Å²) in [5.41, 5.74) is 7.27. The molecule has 0 aliphatic rings. The summed E-state index contributed by atoms with van der Waals surface area (Å²) in [5.74, 6) is -0.154. The molecule has 126 valence electrons. The van der Waals surface area contributed by atoms with Gasteiger partial charge in [-0.25, -0.2) is 8.42 Å². The molecule has 7 heteroatoms. The number of nitrogens with two attached hydrogens (primary N) is 1. The molecule has 0 saturated heterocycles. The minimum Gasteiger partial charge on any atom is -0.392 e. The molecule has 2 N–H and O–H groups in total. The van der Waals surface area contributed by atoms with Crippen LogP contribution >= 0.6 is 12.2 Å². The zero-order valence-corrected chi connectivity index (χ0v) is 15.0. The molecular formula is C16H23N3O2S2. The van der Waals surface area contributed by atoms with Crippen LogP contribution in [0.2, 0.25) is 0 Å². The molecule has 0 atom stereocenters. The van der Waals surface area contributed by atoms with Crippen molar-refractivity contribution in [2.24, 2.45) is 5.73 Å². The van der Waals surface area contributed by atoms with Crippen molar-refractivity contribution in [3.8, 4) is 6.07 Å². The summed E-state index contributed by atoms with van der Waals surface area (Å²) >= 11 is 4.76. The number of sulfonamides is 1. The maximum absolute atomic E-state index is 12.5. The van der Waals surface area contributed by atoms with Crippen molar-refractivity contribution in [3.63, 3.8) is 0 Å². The van der Waals surface area contributed by atoms with Crippen LogP contribution in [0.4, 0.5) is 0 Å². The van der Waals surface area contributed by atoms with Gasteiger partial charge >= 0.3 is 0 Å². The number of aryl methyl sites for hydroxylation is 1. The van der Waals surface area contributed by atoms with E-state index >= 15 is 0 Å². The average molecular weight is 354 g/mol. The van der Waals surface area contributed by atoms with Gasteiger partial charge in [0.1, 0.15) is 6.54 Å². The quantitative estimate of drug-likeness (QED) is 0.396. The van der Waals surface area contributed by atoms with Crippen molar-refractivity contribution in [1.29, 1.82) is 5.26 Å². The number of nitriles is 1. The van der Waals surface area contributed by atoms with Crippen molar-refractivity contribution < 1.29 is 8.42 Å². The minimum atomic E-state index is -3.63. The van der Waals surface area contributed by atoms with Crippen molar-refractivity contribution in [2.45, 2.75) is 38.4 Å². The van der Waals surface area contributed by atoms with Gasteiger partial charge in [-0.3, -0.25) is 0 Å². The molecule has 0 aromatic heterocycles. The molecule has 23 heavy (non-hydrogen) atoms. The van der Waals surface area contributed by atoms with Crippen molar-refractivity contribution in [1.82, 2.24) is 4.31 Å². The molecule has 0 heterocycles. The van der Waals surface area contributed by atoms with Crippen molar-refractivity contribution in [3.05, 3.63) is 35.4 Å². The number of nitrogens with zero attached hydrogens (tertiary/aromatic N) is 2. The van der Waals surface area contributed by atoms with Gasteiger partial charge < -0.3 is 5.73 Å². The normalized spacial score (nSPS) is 11.3. The summed E-state index contributed by atoms with van der Waals surface area (Å²) in [6, 6.07) is 9.42. The zero-order chi connectivity index (χ0) is 17.3. The van der Waals surface area contributed by atoms with Crippen LogP contribution in [0.1, 0.15) is 37.3 Å². The second-order valence-corrected chi connectivity index (χ2v) is 7.92. The first-order valence-corrected chi connectivity index (χ1v) is 9.61. The molecule has 1 aromatic carbocycles. The van der Waals surface area contributed by atoms with Crippen LogP contribution in [0.3, 0.4) is 0 Å². The van der Waals surface area contributed by atoms with Crippen LogP contribution in [-0.2, 0) is 22.2 Å². The lowest BCUT2D eigenvalue weighted by Gasteiger charge is -2.18. The van der Waals surface area contributed by atoms with E-state index in [0.29, 0.717) is 5.56 Å². The first-order chi connectivity index (χ1) is 10.9. The average Bonchev–Trinajstić information content (AvgIpc) is 2.46. The Balaban J connectivity index is 2.85. The smallest absolute Gasteiger partial charge is 0.219 e. The van der Waals surface area contributed by atoms with E-state index in [0.717, 1.165) is 35.6 Å². The van der Waals surface area contributed by atoms with Gasteiger partial charge in [0.15, 0.2) is 0 Å². The van der Waals surface area contributed by atoms with Gasteiger partial charge in [-0.1, -0.05) is 56.2 Å². The van der Waals surface area contributed by atoms with E-state index in [1.54, 1.807) is 6.07 Å². The minimum absolute atomic E-state index is 0.0529. The number of unbranched alkanes of at least 4 members (excludes halogenated alkanes) is 2. The third kappa shape index (κ3) is 7.08. The second-order valence-electron chi connectivity index (χ2n) is 5.43. The maximum atomic E-state index is 12.5.